The van der Waals surface area contributed by atoms with E-state index >= 15 is 0 Å². The number of carbonyl (C=O) groups is 2. The van der Waals surface area contributed by atoms with Gasteiger partial charge in [0.2, 0.25) is 11.6 Å². The Morgan fingerprint density at radius 3 is 2.43 bits per heavy atom. The van der Waals surface area contributed by atoms with E-state index in [2.05, 4.69) is 0 Å². The van der Waals surface area contributed by atoms with Crippen molar-refractivity contribution in [1.29, 1.82) is 0 Å². The Kier molecular flexibility index (Phi) is 4.45. The molecule has 5 heteroatoms. The van der Waals surface area contributed by atoms with Crippen LogP contribution >= 0.6 is 11.8 Å². The molecule has 1 saturated carbocycles. The Morgan fingerprint density at radius 2 is 1.87 bits per heavy atom. The summed E-state index contributed by atoms with van der Waals surface area (Å²) >= 11 is 1.68. The summed E-state index contributed by atoms with van der Waals surface area (Å²) in [6, 6.07) is 10.0. The second-order valence-electron chi connectivity index (χ2n) is 5.90. The van der Waals surface area contributed by atoms with Crippen molar-refractivity contribution in [1.82, 2.24) is 0 Å². The van der Waals surface area contributed by atoms with Crippen molar-refractivity contribution in [2.24, 2.45) is 11.8 Å². The van der Waals surface area contributed by atoms with Crippen molar-refractivity contribution < 1.29 is 19.1 Å². The Labute approximate surface area is 140 Å². The van der Waals surface area contributed by atoms with E-state index in [-0.39, 0.29) is 28.7 Å². The largest absolute Gasteiger partial charge is 0.346 e. The van der Waals surface area contributed by atoms with Gasteiger partial charge in [-0.15, -0.1) is 11.8 Å². The van der Waals surface area contributed by atoms with Crippen molar-refractivity contribution in [3.63, 3.8) is 0 Å². The SMILES string of the molecule is COC1(OC)C(=O)[C@@H]2C=C(C(C)=O)[C@H]1C[C@H]2Sc1ccccc1. The first-order valence-electron chi connectivity index (χ1n) is 7.62. The molecule has 0 unspecified atom stereocenters. The number of Topliss-reactive ketones (excluding diaryl/α,β-unsaturated/α-hetero) is 2. The number of ether oxygens (including phenoxy) is 2. The van der Waals surface area contributed by atoms with E-state index < -0.39 is 5.79 Å². The predicted molar refractivity (Wildman–Crippen MR) is 88.2 cm³/mol. The zero-order valence-electron chi connectivity index (χ0n) is 13.4. The quantitative estimate of drug-likeness (QED) is 0.776. The summed E-state index contributed by atoms with van der Waals surface area (Å²) in [4.78, 5) is 26.0. The van der Waals surface area contributed by atoms with Crippen LogP contribution in [0.3, 0.4) is 0 Å². The van der Waals surface area contributed by atoms with E-state index in [1.54, 1.807) is 11.8 Å². The highest BCUT2D eigenvalue weighted by atomic mass is 32.2. The molecule has 1 aromatic rings. The molecule has 0 aliphatic heterocycles. The molecular weight excluding hydrogens is 312 g/mol. The van der Waals surface area contributed by atoms with Gasteiger partial charge < -0.3 is 9.47 Å². The van der Waals surface area contributed by atoms with Gasteiger partial charge in [-0.2, -0.15) is 0 Å². The van der Waals surface area contributed by atoms with Crippen LogP contribution in [0, 0.1) is 11.8 Å². The van der Waals surface area contributed by atoms with Crippen LogP contribution in [0.5, 0.6) is 0 Å². The smallest absolute Gasteiger partial charge is 0.236 e. The second kappa shape index (κ2) is 6.23. The van der Waals surface area contributed by atoms with Gasteiger partial charge >= 0.3 is 0 Å². The Hall–Kier alpha value is -1.43. The maximum absolute atomic E-state index is 12.9. The molecular formula is C18H20O4S. The van der Waals surface area contributed by atoms with E-state index in [4.69, 9.17) is 9.47 Å². The molecule has 1 aromatic carbocycles. The lowest BCUT2D eigenvalue weighted by molar-refractivity contribution is -0.236. The summed E-state index contributed by atoms with van der Waals surface area (Å²) in [6.07, 6.45) is 2.51. The third kappa shape index (κ3) is 2.57. The van der Waals surface area contributed by atoms with Gasteiger partial charge in [-0.1, -0.05) is 24.3 Å². The third-order valence-electron chi connectivity index (χ3n) is 4.75. The van der Waals surface area contributed by atoms with Crippen molar-refractivity contribution in [3.05, 3.63) is 42.0 Å². The summed E-state index contributed by atoms with van der Waals surface area (Å²) in [5, 5.41) is 0.0939. The van der Waals surface area contributed by atoms with Gasteiger partial charge in [0.05, 0.1) is 11.8 Å². The monoisotopic (exact) mass is 332 g/mol. The van der Waals surface area contributed by atoms with E-state index in [9.17, 15) is 9.59 Å². The van der Waals surface area contributed by atoms with Crippen LogP contribution in [-0.2, 0) is 19.1 Å². The molecule has 4 rings (SSSR count). The van der Waals surface area contributed by atoms with E-state index in [0.717, 1.165) is 4.90 Å². The number of allylic oxidation sites excluding steroid dienone is 1. The fourth-order valence-corrected chi connectivity index (χ4v) is 4.96. The maximum Gasteiger partial charge on any atom is 0.236 e. The molecule has 4 nitrogen and oxygen atoms in total. The minimum Gasteiger partial charge on any atom is -0.346 e. The molecule has 122 valence electrons. The molecule has 0 saturated heterocycles. The highest BCUT2D eigenvalue weighted by Gasteiger charge is 2.60. The minimum atomic E-state index is -1.33. The molecule has 2 bridgehead atoms. The second-order valence-corrected chi connectivity index (χ2v) is 7.21. The lowest BCUT2D eigenvalue weighted by atomic mass is 9.65. The normalized spacial score (nSPS) is 28.6. The van der Waals surface area contributed by atoms with Crippen molar-refractivity contribution in [2.75, 3.05) is 14.2 Å². The van der Waals surface area contributed by atoms with E-state index in [1.807, 2.05) is 36.4 Å². The molecule has 3 aliphatic rings. The van der Waals surface area contributed by atoms with Gasteiger partial charge in [0.1, 0.15) is 0 Å². The molecule has 3 atom stereocenters. The lowest BCUT2D eigenvalue weighted by Crippen LogP contribution is -2.61. The Bertz CT molecular complexity index is 648. The van der Waals surface area contributed by atoms with Crippen molar-refractivity contribution in [2.45, 2.75) is 29.3 Å². The Morgan fingerprint density at radius 1 is 1.22 bits per heavy atom. The summed E-state index contributed by atoms with van der Waals surface area (Å²) < 4.78 is 11.0. The summed E-state index contributed by atoms with van der Waals surface area (Å²) in [7, 11) is 2.94. The molecule has 0 radical (unpaired) electrons. The fraction of sp³-hybridized carbons (Fsp3) is 0.444. The number of ketones is 2. The topological polar surface area (TPSA) is 52.6 Å². The molecule has 1 fully saturated rings. The molecule has 0 aromatic heterocycles. The summed E-state index contributed by atoms with van der Waals surface area (Å²) in [5.74, 6) is -2.15. The van der Waals surface area contributed by atoms with Crippen LogP contribution in [0.2, 0.25) is 0 Å². The first-order chi connectivity index (χ1) is 11.0. The highest BCUT2D eigenvalue weighted by molar-refractivity contribution is 8.00. The van der Waals surface area contributed by atoms with Gasteiger partial charge in [-0.05, 0) is 25.5 Å². The minimum absolute atomic E-state index is 0.0193. The standard InChI is InChI=1S/C18H20O4S/c1-11(19)13-9-14-16(23-12-7-5-4-6-8-12)10-15(13)18(21-2,22-3)17(14)20/h4-9,14-16H,10H2,1-3H3/t14-,15-,16-/m1/s1. The zero-order chi connectivity index (χ0) is 16.6. The van der Waals surface area contributed by atoms with Crippen LogP contribution < -0.4 is 0 Å². The first kappa shape index (κ1) is 16.4. The predicted octanol–water partition coefficient (Wildman–Crippen LogP) is 2.87. The lowest BCUT2D eigenvalue weighted by Gasteiger charge is -2.49. The van der Waals surface area contributed by atoms with Crippen LogP contribution in [0.1, 0.15) is 13.3 Å². The summed E-state index contributed by atoms with van der Waals surface area (Å²) in [6.45, 7) is 1.53. The number of methoxy groups -OCH3 is 2. The average molecular weight is 332 g/mol. The van der Waals surface area contributed by atoms with Gasteiger partial charge in [0.15, 0.2) is 5.78 Å². The van der Waals surface area contributed by atoms with Gasteiger partial charge in [0, 0.05) is 29.9 Å². The third-order valence-corrected chi connectivity index (χ3v) is 6.08. The van der Waals surface area contributed by atoms with Crippen LogP contribution in [0.15, 0.2) is 46.9 Å². The molecule has 0 N–H and O–H groups in total. The average Bonchev–Trinajstić information content (AvgIpc) is 2.56. The van der Waals surface area contributed by atoms with Crippen molar-refractivity contribution in [3.8, 4) is 0 Å². The van der Waals surface area contributed by atoms with E-state index in [0.29, 0.717) is 12.0 Å². The van der Waals surface area contributed by atoms with Gasteiger partial charge in [0.25, 0.3) is 0 Å². The van der Waals surface area contributed by atoms with Crippen LogP contribution in [-0.4, -0.2) is 36.8 Å². The van der Waals surface area contributed by atoms with Crippen LogP contribution in [0.4, 0.5) is 0 Å². The van der Waals surface area contributed by atoms with Crippen LogP contribution in [0.25, 0.3) is 0 Å². The van der Waals surface area contributed by atoms with E-state index in [1.165, 1.54) is 21.1 Å². The fourth-order valence-electron chi connectivity index (χ4n) is 3.66. The molecule has 0 spiro atoms. The number of hydrogen-bond acceptors (Lipinski definition) is 5. The molecule has 23 heavy (non-hydrogen) atoms. The number of rotatable bonds is 5. The van der Waals surface area contributed by atoms with Crippen molar-refractivity contribution >= 4 is 23.3 Å². The molecule has 0 amide bonds. The maximum atomic E-state index is 12.9. The molecule has 3 aliphatic carbocycles. The number of carbonyl (C=O) groups excluding carboxylic acids is 2. The van der Waals surface area contributed by atoms with Gasteiger partial charge in [-0.25, -0.2) is 0 Å². The number of hydrogen-bond donors (Lipinski definition) is 0. The summed E-state index contributed by atoms with van der Waals surface area (Å²) in [5.41, 5.74) is 0.656. The first-order valence-corrected chi connectivity index (χ1v) is 8.50. The van der Waals surface area contributed by atoms with Gasteiger partial charge in [-0.3, -0.25) is 9.59 Å². The number of fused-ring (bicyclic) bond motifs is 2. The number of benzene rings is 1. The Balaban J connectivity index is 1.96. The number of thioether (sulfide) groups is 1. The zero-order valence-corrected chi connectivity index (χ0v) is 14.3. The highest BCUT2D eigenvalue weighted by Crippen LogP contribution is 2.51. The molecule has 0 heterocycles.